The number of nitrogens with zero attached hydrogens (tertiary/aromatic N) is 3. The van der Waals surface area contributed by atoms with E-state index in [-0.39, 0.29) is 5.56 Å². The summed E-state index contributed by atoms with van der Waals surface area (Å²) in [6.45, 7) is 3.94. The second-order valence-electron chi connectivity index (χ2n) is 7.07. The van der Waals surface area contributed by atoms with Gasteiger partial charge >= 0.3 is 0 Å². The number of rotatable bonds is 2. The highest BCUT2D eigenvalue weighted by Crippen LogP contribution is 2.33. The van der Waals surface area contributed by atoms with E-state index in [0.717, 1.165) is 27.9 Å². The van der Waals surface area contributed by atoms with Crippen LogP contribution in [0.4, 0.5) is 0 Å². The molecule has 5 aromatic rings. The van der Waals surface area contributed by atoms with E-state index in [0.29, 0.717) is 27.7 Å². The molecule has 0 amide bonds. The number of halogens is 1. The molecule has 29 heavy (non-hydrogen) atoms. The van der Waals surface area contributed by atoms with Gasteiger partial charge in [0.2, 0.25) is 5.56 Å². The Kier molecular flexibility index (Phi) is 3.96. The van der Waals surface area contributed by atoms with E-state index in [4.69, 9.17) is 21.6 Å². The van der Waals surface area contributed by atoms with E-state index >= 15 is 0 Å². The van der Waals surface area contributed by atoms with Crippen molar-refractivity contribution in [3.05, 3.63) is 75.3 Å². The van der Waals surface area contributed by atoms with Gasteiger partial charge in [-0.05, 0) is 50.2 Å². The first-order valence-electron chi connectivity index (χ1n) is 9.12. The van der Waals surface area contributed by atoms with Crippen LogP contribution in [0, 0.1) is 13.8 Å². The highest BCUT2D eigenvalue weighted by atomic mass is 35.5. The van der Waals surface area contributed by atoms with Gasteiger partial charge in [-0.2, -0.15) is 0 Å². The van der Waals surface area contributed by atoms with Crippen LogP contribution in [0.15, 0.2) is 53.3 Å². The zero-order chi connectivity index (χ0) is 20.1. The monoisotopic (exact) mass is 401 g/mol. The molecule has 2 N–H and O–H groups in total. The van der Waals surface area contributed by atoms with Crippen molar-refractivity contribution in [3.63, 3.8) is 0 Å². The molecule has 0 unspecified atom stereocenters. The lowest BCUT2D eigenvalue weighted by Gasteiger charge is -2.10. The highest BCUT2D eigenvalue weighted by Gasteiger charge is 2.17. The average Bonchev–Trinajstić information content (AvgIpc) is 3.09. The van der Waals surface area contributed by atoms with Gasteiger partial charge in [0.15, 0.2) is 5.65 Å². The van der Waals surface area contributed by atoms with Crippen LogP contribution in [0.5, 0.6) is 0 Å². The van der Waals surface area contributed by atoms with Crippen LogP contribution in [0.2, 0.25) is 5.15 Å². The first-order chi connectivity index (χ1) is 14.0. The van der Waals surface area contributed by atoms with Crippen molar-refractivity contribution in [2.75, 3.05) is 0 Å². The van der Waals surface area contributed by atoms with E-state index in [1.54, 1.807) is 12.1 Å². The maximum atomic E-state index is 11.8. The lowest BCUT2D eigenvalue weighted by Crippen LogP contribution is -2.06. The maximum absolute atomic E-state index is 11.8. The normalized spacial score (nSPS) is 11.4. The second-order valence-corrected chi connectivity index (χ2v) is 7.46. The van der Waals surface area contributed by atoms with Crippen molar-refractivity contribution < 1.29 is 0 Å². The van der Waals surface area contributed by atoms with Gasteiger partial charge < -0.3 is 9.97 Å². The Hall–Kier alpha value is -3.51. The number of benzene rings is 1. The first-order valence-corrected chi connectivity index (χ1v) is 9.49. The van der Waals surface area contributed by atoms with Crippen molar-refractivity contribution in [3.8, 4) is 22.6 Å². The van der Waals surface area contributed by atoms with Gasteiger partial charge in [-0.1, -0.05) is 23.2 Å². The molecule has 0 saturated carbocycles. The minimum atomic E-state index is -0.222. The Labute approximate surface area is 170 Å². The fourth-order valence-corrected chi connectivity index (χ4v) is 3.75. The largest absolute Gasteiger partial charge is 0.353 e. The Bertz CT molecular complexity index is 1450. The molecule has 0 aliphatic rings. The Morgan fingerprint density at radius 3 is 2.55 bits per heavy atom. The molecule has 4 aromatic heterocycles. The number of hydrogen-bond donors (Lipinski definition) is 2. The second kappa shape index (κ2) is 6.53. The summed E-state index contributed by atoms with van der Waals surface area (Å²) in [5.41, 5.74) is 6.70. The summed E-state index contributed by atoms with van der Waals surface area (Å²) >= 11 is 6.20. The number of pyridine rings is 2. The minimum Gasteiger partial charge on any atom is -0.353 e. The lowest BCUT2D eigenvalue weighted by molar-refractivity contribution is 1.17. The summed E-state index contributed by atoms with van der Waals surface area (Å²) in [5.74, 6) is 0. The Morgan fingerprint density at radius 1 is 0.862 bits per heavy atom. The highest BCUT2D eigenvalue weighted by molar-refractivity contribution is 6.29. The summed E-state index contributed by atoms with van der Waals surface area (Å²) in [6.07, 6.45) is 0. The van der Waals surface area contributed by atoms with Gasteiger partial charge in [0, 0.05) is 28.2 Å². The Morgan fingerprint density at radius 2 is 1.72 bits per heavy atom. The van der Waals surface area contributed by atoms with Crippen LogP contribution >= 0.6 is 11.6 Å². The molecule has 0 saturated heterocycles. The number of aromatic amines is 2. The lowest BCUT2D eigenvalue weighted by atomic mass is 10.1. The van der Waals surface area contributed by atoms with E-state index in [2.05, 4.69) is 34.0 Å². The molecule has 0 aliphatic carbocycles. The summed E-state index contributed by atoms with van der Waals surface area (Å²) < 4.78 is 0. The van der Waals surface area contributed by atoms with Crippen molar-refractivity contribution in [2.24, 2.45) is 0 Å². The summed E-state index contributed by atoms with van der Waals surface area (Å²) in [5, 5.41) is 1.47. The van der Waals surface area contributed by atoms with Crippen molar-refractivity contribution >= 4 is 33.7 Å². The fraction of sp³-hybridized carbons (Fsp3) is 0.0909. The molecule has 1 aromatic carbocycles. The molecule has 0 radical (unpaired) electrons. The Balaban J connectivity index is 1.84. The molecule has 142 valence electrons. The minimum absolute atomic E-state index is 0.222. The number of nitrogens with one attached hydrogen (secondary N) is 2. The standard InChI is InChI=1S/C22H16ClN5O/c1-11-3-4-15-13(7-11)9-17(25-15)21-20(14-8-12(2)24-18(23)10-14)26-16-5-6-19(29)27-22(16)28-21/h3-10,25H,1-2H3,(H,27,28,29). The summed E-state index contributed by atoms with van der Waals surface area (Å²) in [7, 11) is 0. The third-order valence-electron chi connectivity index (χ3n) is 4.78. The van der Waals surface area contributed by atoms with Gasteiger partial charge in [-0.25, -0.2) is 15.0 Å². The first kappa shape index (κ1) is 17.6. The SMILES string of the molecule is Cc1ccc2[nH]c(-c3nc4[nH]c(=O)ccc4nc3-c3cc(C)nc(Cl)c3)cc2c1. The fourth-order valence-electron chi connectivity index (χ4n) is 3.50. The quantitative estimate of drug-likeness (QED) is 0.416. The van der Waals surface area contributed by atoms with E-state index in [9.17, 15) is 4.79 Å². The zero-order valence-electron chi connectivity index (χ0n) is 15.7. The molecule has 0 aliphatic heterocycles. The molecule has 0 atom stereocenters. The van der Waals surface area contributed by atoms with Crippen LogP contribution in [-0.4, -0.2) is 24.9 Å². The summed E-state index contributed by atoms with van der Waals surface area (Å²) in [4.78, 5) is 31.8. The number of hydrogen-bond acceptors (Lipinski definition) is 4. The molecule has 0 spiro atoms. The predicted octanol–water partition coefficient (Wildman–Crippen LogP) is 4.80. The van der Waals surface area contributed by atoms with Gasteiger partial charge in [0.05, 0.1) is 11.4 Å². The predicted molar refractivity (Wildman–Crippen MR) is 115 cm³/mol. The number of aryl methyl sites for hydroxylation is 2. The van der Waals surface area contributed by atoms with Crippen LogP contribution in [-0.2, 0) is 0 Å². The zero-order valence-corrected chi connectivity index (χ0v) is 16.5. The molecular weight excluding hydrogens is 386 g/mol. The molecule has 6 nitrogen and oxygen atoms in total. The van der Waals surface area contributed by atoms with Gasteiger partial charge in [0.1, 0.15) is 16.4 Å². The van der Waals surface area contributed by atoms with E-state index < -0.39 is 0 Å². The maximum Gasteiger partial charge on any atom is 0.249 e. The molecule has 5 rings (SSSR count). The topological polar surface area (TPSA) is 87.3 Å². The average molecular weight is 402 g/mol. The molecule has 7 heteroatoms. The van der Waals surface area contributed by atoms with E-state index in [1.807, 2.05) is 25.1 Å². The van der Waals surface area contributed by atoms with Crippen LogP contribution in [0.25, 0.3) is 44.7 Å². The van der Waals surface area contributed by atoms with Gasteiger partial charge in [-0.3, -0.25) is 4.79 Å². The molecule has 4 heterocycles. The smallest absolute Gasteiger partial charge is 0.249 e. The van der Waals surface area contributed by atoms with Crippen molar-refractivity contribution in [2.45, 2.75) is 13.8 Å². The third-order valence-corrected chi connectivity index (χ3v) is 4.98. The van der Waals surface area contributed by atoms with Gasteiger partial charge in [-0.15, -0.1) is 0 Å². The van der Waals surface area contributed by atoms with Crippen LogP contribution in [0.1, 0.15) is 11.3 Å². The number of H-pyrrole nitrogens is 2. The molecule has 0 bridgehead atoms. The third kappa shape index (κ3) is 3.17. The van der Waals surface area contributed by atoms with E-state index in [1.165, 1.54) is 11.6 Å². The number of fused-ring (bicyclic) bond motifs is 2. The van der Waals surface area contributed by atoms with Crippen molar-refractivity contribution in [1.29, 1.82) is 0 Å². The summed E-state index contributed by atoms with van der Waals surface area (Å²) in [6, 6.07) is 15.0. The van der Waals surface area contributed by atoms with Crippen LogP contribution < -0.4 is 5.56 Å². The van der Waals surface area contributed by atoms with Crippen molar-refractivity contribution in [1.82, 2.24) is 24.9 Å². The molecular formula is C22H16ClN5O. The van der Waals surface area contributed by atoms with Crippen LogP contribution in [0.3, 0.4) is 0 Å². The molecule has 0 fully saturated rings. The van der Waals surface area contributed by atoms with Gasteiger partial charge in [0.25, 0.3) is 0 Å². The number of aromatic nitrogens is 5.